The normalized spacial score (nSPS) is 11.7. The standard InChI is InChI=1S/C27H19F3O5/c1-2-17-8-11-19(12-9-17)34-25-24(32)21-14-13-20(16-22(21)35-26(25)27(28,29)30)33-23(31)15-10-18-6-4-3-5-7-18/h3-16H,2H2,1H3. The van der Waals surface area contributed by atoms with Crippen LogP contribution in [-0.4, -0.2) is 5.97 Å². The third kappa shape index (κ3) is 5.60. The smallest absolute Gasteiger partial charge is 0.449 e. The molecule has 0 radical (unpaired) electrons. The van der Waals surface area contributed by atoms with Gasteiger partial charge in [0, 0.05) is 12.1 Å². The van der Waals surface area contributed by atoms with Crippen LogP contribution in [0.4, 0.5) is 13.2 Å². The summed E-state index contributed by atoms with van der Waals surface area (Å²) in [4.78, 5) is 25.0. The molecular weight excluding hydrogens is 461 g/mol. The molecule has 0 amide bonds. The lowest BCUT2D eigenvalue weighted by molar-refractivity contribution is -0.154. The van der Waals surface area contributed by atoms with E-state index in [4.69, 9.17) is 13.9 Å². The van der Waals surface area contributed by atoms with Gasteiger partial charge in [-0.1, -0.05) is 49.4 Å². The Morgan fingerprint density at radius 3 is 2.31 bits per heavy atom. The second kappa shape index (κ2) is 9.89. The van der Waals surface area contributed by atoms with Crippen molar-refractivity contribution in [1.82, 2.24) is 0 Å². The van der Waals surface area contributed by atoms with Crippen LogP contribution in [0.2, 0.25) is 0 Å². The van der Waals surface area contributed by atoms with Crippen molar-refractivity contribution < 1.29 is 31.9 Å². The second-order valence-corrected chi connectivity index (χ2v) is 7.51. The third-order valence-corrected chi connectivity index (χ3v) is 5.06. The van der Waals surface area contributed by atoms with Gasteiger partial charge < -0.3 is 13.9 Å². The Labute approximate surface area is 198 Å². The molecule has 35 heavy (non-hydrogen) atoms. The summed E-state index contributed by atoms with van der Waals surface area (Å²) in [5.41, 5.74) is 0.327. The first-order chi connectivity index (χ1) is 16.7. The first-order valence-electron chi connectivity index (χ1n) is 10.6. The molecule has 3 aromatic carbocycles. The Balaban J connectivity index is 1.66. The molecule has 0 unspecified atom stereocenters. The average molecular weight is 480 g/mol. The molecule has 4 rings (SSSR count). The molecule has 178 valence electrons. The molecule has 0 fully saturated rings. The van der Waals surface area contributed by atoms with E-state index in [-0.39, 0.29) is 16.9 Å². The van der Waals surface area contributed by atoms with Crippen molar-refractivity contribution in [2.45, 2.75) is 19.5 Å². The lowest BCUT2D eigenvalue weighted by atomic mass is 10.1. The average Bonchev–Trinajstić information content (AvgIpc) is 2.84. The molecule has 1 aromatic heterocycles. The van der Waals surface area contributed by atoms with E-state index in [1.807, 2.05) is 13.0 Å². The van der Waals surface area contributed by atoms with Crippen molar-refractivity contribution in [3.05, 3.63) is 106 Å². The number of benzene rings is 3. The molecule has 0 aliphatic rings. The maximum Gasteiger partial charge on any atom is 0.453 e. The van der Waals surface area contributed by atoms with Crippen LogP contribution in [0.1, 0.15) is 23.8 Å². The summed E-state index contributed by atoms with van der Waals surface area (Å²) >= 11 is 0. The predicted molar refractivity (Wildman–Crippen MR) is 124 cm³/mol. The van der Waals surface area contributed by atoms with Crippen molar-refractivity contribution in [1.29, 1.82) is 0 Å². The van der Waals surface area contributed by atoms with E-state index in [1.165, 1.54) is 36.4 Å². The first-order valence-corrected chi connectivity index (χ1v) is 10.6. The van der Waals surface area contributed by atoms with Gasteiger partial charge in [0.05, 0.1) is 5.39 Å². The highest BCUT2D eigenvalue weighted by Gasteiger charge is 2.40. The highest BCUT2D eigenvalue weighted by Crippen LogP contribution is 2.38. The van der Waals surface area contributed by atoms with Gasteiger partial charge in [-0.25, -0.2) is 4.79 Å². The van der Waals surface area contributed by atoms with Crippen molar-refractivity contribution in [3.8, 4) is 17.2 Å². The van der Waals surface area contributed by atoms with Crippen LogP contribution in [0.5, 0.6) is 17.2 Å². The van der Waals surface area contributed by atoms with Gasteiger partial charge in [0.25, 0.3) is 5.76 Å². The van der Waals surface area contributed by atoms with E-state index in [0.717, 1.165) is 23.6 Å². The molecule has 8 heteroatoms. The van der Waals surface area contributed by atoms with Crippen LogP contribution >= 0.6 is 0 Å². The number of aryl methyl sites for hydroxylation is 1. The predicted octanol–water partition coefficient (Wildman–Crippen LogP) is 6.79. The highest BCUT2D eigenvalue weighted by molar-refractivity contribution is 5.89. The summed E-state index contributed by atoms with van der Waals surface area (Å²) in [6.07, 6.45) is -1.56. The lowest BCUT2D eigenvalue weighted by Gasteiger charge is -2.13. The lowest BCUT2D eigenvalue weighted by Crippen LogP contribution is -2.15. The van der Waals surface area contributed by atoms with Gasteiger partial charge in [0.1, 0.15) is 17.1 Å². The van der Waals surface area contributed by atoms with Crippen LogP contribution in [0.3, 0.4) is 0 Å². The number of halogens is 3. The van der Waals surface area contributed by atoms with Crippen LogP contribution in [-0.2, 0) is 17.4 Å². The summed E-state index contributed by atoms with van der Waals surface area (Å²) in [7, 11) is 0. The minimum absolute atomic E-state index is 0.0649. The molecule has 5 nitrogen and oxygen atoms in total. The summed E-state index contributed by atoms with van der Waals surface area (Å²) in [5, 5.41) is -0.155. The van der Waals surface area contributed by atoms with E-state index >= 15 is 0 Å². The number of hydrogen-bond donors (Lipinski definition) is 0. The van der Waals surface area contributed by atoms with Crippen molar-refractivity contribution in [2.75, 3.05) is 0 Å². The van der Waals surface area contributed by atoms with Gasteiger partial charge >= 0.3 is 12.1 Å². The molecule has 0 saturated carbocycles. The molecule has 4 aromatic rings. The third-order valence-electron chi connectivity index (χ3n) is 5.06. The van der Waals surface area contributed by atoms with E-state index in [9.17, 15) is 22.8 Å². The molecule has 0 aliphatic heterocycles. The summed E-state index contributed by atoms with van der Waals surface area (Å²) in [5.74, 6) is -3.32. The van der Waals surface area contributed by atoms with E-state index < -0.39 is 34.7 Å². The monoisotopic (exact) mass is 480 g/mol. The fourth-order valence-electron chi connectivity index (χ4n) is 3.29. The number of hydrogen-bond acceptors (Lipinski definition) is 5. The van der Waals surface area contributed by atoms with Gasteiger partial charge in [0.15, 0.2) is 0 Å². The van der Waals surface area contributed by atoms with Crippen LogP contribution in [0.15, 0.2) is 88.1 Å². The zero-order chi connectivity index (χ0) is 25.0. The molecule has 0 atom stereocenters. The maximum atomic E-state index is 13.7. The Kier molecular flexibility index (Phi) is 6.73. The largest absolute Gasteiger partial charge is 0.453 e. The first kappa shape index (κ1) is 23.8. The van der Waals surface area contributed by atoms with Crippen molar-refractivity contribution >= 4 is 23.0 Å². The van der Waals surface area contributed by atoms with Gasteiger partial charge in [-0.15, -0.1) is 0 Å². The maximum absolute atomic E-state index is 13.7. The molecule has 0 bridgehead atoms. The second-order valence-electron chi connectivity index (χ2n) is 7.51. The summed E-state index contributed by atoms with van der Waals surface area (Å²) in [6, 6.07) is 18.9. The molecule has 0 N–H and O–H groups in total. The number of fused-ring (bicyclic) bond motifs is 1. The Hall–Kier alpha value is -4.33. The van der Waals surface area contributed by atoms with E-state index in [2.05, 4.69) is 0 Å². The number of carbonyl (C=O) groups excluding carboxylic acids is 1. The van der Waals surface area contributed by atoms with Crippen molar-refractivity contribution in [3.63, 3.8) is 0 Å². The summed E-state index contributed by atoms with van der Waals surface area (Å²) < 4.78 is 56.8. The number of rotatable bonds is 6. The Bertz CT molecular complexity index is 1440. The van der Waals surface area contributed by atoms with Gasteiger partial charge in [-0.2, -0.15) is 13.2 Å². The minimum atomic E-state index is -5.00. The molecule has 1 heterocycles. The topological polar surface area (TPSA) is 65.7 Å². The number of carbonyl (C=O) groups is 1. The molecular formula is C27H19F3O5. The SMILES string of the molecule is CCc1ccc(Oc2c(C(F)(F)F)oc3cc(OC(=O)C=Cc4ccccc4)ccc3c2=O)cc1. The zero-order valence-corrected chi connectivity index (χ0v) is 18.5. The molecule has 0 aliphatic carbocycles. The zero-order valence-electron chi connectivity index (χ0n) is 18.5. The van der Waals surface area contributed by atoms with Gasteiger partial charge in [0.2, 0.25) is 11.2 Å². The van der Waals surface area contributed by atoms with Crippen LogP contribution < -0.4 is 14.9 Å². The Morgan fingerprint density at radius 2 is 1.66 bits per heavy atom. The van der Waals surface area contributed by atoms with Crippen LogP contribution in [0.25, 0.3) is 17.0 Å². The Morgan fingerprint density at radius 1 is 0.971 bits per heavy atom. The van der Waals surface area contributed by atoms with Crippen LogP contribution in [0, 0.1) is 0 Å². The van der Waals surface area contributed by atoms with E-state index in [1.54, 1.807) is 36.4 Å². The summed E-state index contributed by atoms with van der Waals surface area (Å²) in [6.45, 7) is 1.93. The fourth-order valence-corrected chi connectivity index (χ4v) is 3.29. The van der Waals surface area contributed by atoms with Crippen molar-refractivity contribution in [2.24, 2.45) is 0 Å². The van der Waals surface area contributed by atoms with E-state index in [0.29, 0.717) is 0 Å². The quantitative estimate of drug-likeness (QED) is 0.173. The fraction of sp³-hybridized carbons (Fsp3) is 0.111. The van der Waals surface area contributed by atoms with Gasteiger partial charge in [-0.05, 0) is 47.9 Å². The number of alkyl halides is 3. The number of esters is 1. The number of ether oxygens (including phenoxy) is 2. The molecule has 0 spiro atoms. The minimum Gasteiger partial charge on any atom is -0.449 e. The highest BCUT2D eigenvalue weighted by atomic mass is 19.4. The van der Waals surface area contributed by atoms with Gasteiger partial charge in [-0.3, -0.25) is 4.79 Å². The molecule has 0 saturated heterocycles.